The number of benzene rings is 1. The normalized spacial score (nSPS) is 12.6. The van der Waals surface area contributed by atoms with Crippen LogP contribution in [0.1, 0.15) is 68.9 Å². The Balaban J connectivity index is 2.34. The molecule has 0 aromatic heterocycles. The van der Waals surface area contributed by atoms with Crippen LogP contribution < -0.4 is 5.32 Å². The Kier molecular flexibility index (Phi) is 8.57. The number of rotatable bonds is 10. The molecule has 0 heterocycles. The average Bonchev–Trinajstić information content (AvgIpc) is 2.42. The van der Waals surface area contributed by atoms with Gasteiger partial charge in [0, 0.05) is 6.54 Å². The van der Waals surface area contributed by atoms with E-state index in [0.717, 1.165) is 6.54 Å². The summed E-state index contributed by atoms with van der Waals surface area (Å²) in [6, 6.07) is 9.07. The van der Waals surface area contributed by atoms with Crippen molar-refractivity contribution in [3.63, 3.8) is 0 Å². The Labute approximate surface area is 119 Å². The maximum absolute atomic E-state index is 3.34. The lowest BCUT2D eigenvalue weighted by molar-refractivity contribution is 0.522. The maximum atomic E-state index is 3.34. The van der Waals surface area contributed by atoms with Crippen molar-refractivity contribution in [1.82, 2.24) is 5.32 Å². The Morgan fingerprint density at radius 1 is 0.947 bits per heavy atom. The zero-order valence-electron chi connectivity index (χ0n) is 13.0. The molecule has 1 aromatic rings. The summed E-state index contributed by atoms with van der Waals surface area (Å²) in [5.41, 5.74) is 2.85. The topological polar surface area (TPSA) is 12.0 Å². The summed E-state index contributed by atoms with van der Waals surface area (Å²) in [4.78, 5) is 0. The highest BCUT2D eigenvalue weighted by Crippen LogP contribution is 2.22. The van der Waals surface area contributed by atoms with E-state index in [1.165, 1.54) is 56.1 Å². The predicted octanol–water partition coefficient (Wildman–Crippen LogP) is 5.05. The number of hydrogen-bond acceptors (Lipinski definition) is 1. The highest BCUT2D eigenvalue weighted by atomic mass is 14.8. The fourth-order valence-corrected chi connectivity index (χ4v) is 2.64. The quantitative estimate of drug-likeness (QED) is 0.581. The minimum atomic E-state index is 0.678. The van der Waals surface area contributed by atoms with Gasteiger partial charge in [-0.05, 0) is 31.9 Å². The summed E-state index contributed by atoms with van der Waals surface area (Å²) in [6.45, 7) is 5.53. The second kappa shape index (κ2) is 10.0. The zero-order valence-corrected chi connectivity index (χ0v) is 13.0. The van der Waals surface area contributed by atoms with Crippen molar-refractivity contribution >= 4 is 0 Å². The van der Waals surface area contributed by atoms with E-state index in [4.69, 9.17) is 0 Å². The number of unbranched alkanes of at least 4 members (excludes halogenated alkanes) is 5. The Morgan fingerprint density at radius 3 is 2.21 bits per heavy atom. The predicted molar refractivity (Wildman–Crippen MR) is 85.8 cm³/mol. The van der Waals surface area contributed by atoms with Crippen LogP contribution >= 0.6 is 0 Å². The third kappa shape index (κ3) is 6.77. The molecule has 1 unspecified atom stereocenters. The van der Waals surface area contributed by atoms with Gasteiger partial charge >= 0.3 is 0 Å². The lowest BCUT2D eigenvalue weighted by Crippen LogP contribution is -2.17. The first-order chi connectivity index (χ1) is 9.27. The number of hydrogen-bond donors (Lipinski definition) is 1. The van der Waals surface area contributed by atoms with E-state index in [-0.39, 0.29) is 0 Å². The summed E-state index contributed by atoms with van der Waals surface area (Å²) in [5, 5.41) is 3.34. The van der Waals surface area contributed by atoms with Gasteiger partial charge in [-0.1, -0.05) is 75.3 Å². The van der Waals surface area contributed by atoms with Crippen LogP contribution in [0.15, 0.2) is 24.3 Å². The minimum Gasteiger partial charge on any atom is -0.319 e. The minimum absolute atomic E-state index is 0.678. The molecule has 0 aliphatic carbocycles. The molecule has 0 bridgehead atoms. The molecule has 1 nitrogen and oxygen atoms in total. The van der Waals surface area contributed by atoms with Gasteiger partial charge in [0.05, 0.1) is 0 Å². The van der Waals surface area contributed by atoms with Gasteiger partial charge < -0.3 is 5.32 Å². The largest absolute Gasteiger partial charge is 0.319 e. The van der Waals surface area contributed by atoms with Crippen molar-refractivity contribution in [2.75, 3.05) is 13.6 Å². The van der Waals surface area contributed by atoms with Crippen molar-refractivity contribution in [1.29, 1.82) is 0 Å². The summed E-state index contributed by atoms with van der Waals surface area (Å²) < 4.78 is 0. The first-order valence-electron chi connectivity index (χ1n) is 7.99. The Bertz CT molecular complexity index is 315. The van der Waals surface area contributed by atoms with Crippen molar-refractivity contribution < 1.29 is 0 Å². The molecule has 1 rings (SSSR count). The molecule has 0 aliphatic heterocycles. The molecule has 0 aliphatic rings. The van der Waals surface area contributed by atoms with E-state index in [9.17, 15) is 0 Å². The van der Waals surface area contributed by atoms with E-state index in [1.54, 1.807) is 0 Å². The third-order valence-electron chi connectivity index (χ3n) is 3.91. The van der Waals surface area contributed by atoms with Gasteiger partial charge in [0.15, 0.2) is 0 Å². The van der Waals surface area contributed by atoms with E-state index in [1.807, 2.05) is 0 Å². The van der Waals surface area contributed by atoms with Crippen molar-refractivity contribution in [3.8, 4) is 0 Å². The van der Waals surface area contributed by atoms with Crippen molar-refractivity contribution in [2.24, 2.45) is 0 Å². The standard InChI is InChI=1S/C18H31N/c1-4-5-6-7-8-9-10-18(15-19-3)17-13-11-16(2)12-14-17/h11-14,18-19H,4-10,15H2,1-3H3. The SMILES string of the molecule is CCCCCCCCC(CNC)c1ccc(C)cc1. The fraction of sp³-hybridized carbons (Fsp3) is 0.667. The van der Waals surface area contributed by atoms with Crippen LogP contribution in [-0.4, -0.2) is 13.6 Å². The van der Waals surface area contributed by atoms with E-state index in [0.29, 0.717) is 5.92 Å². The second-order valence-corrected chi connectivity index (χ2v) is 5.72. The Hall–Kier alpha value is -0.820. The maximum Gasteiger partial charge on any atom is 0.00171 e. The van der Waals surface area contributed by atoms with Crippen LogP contribution in [-0.2, 0) is 0 Å². The van der Waals surface area contributed by atoms with Gasteiger partial charge in [-0.15, -0.1) is 0 Å². The molecule has 1 aromatic carbocycles. The molecule has 0 spiro atoms. The molecule has 0 fully saturated rings. The van der Waals surface area contributed by atoms with Gasteiger partial charge in [-0.25, -0.2) is 0 Å². The highest BCUT2D eigenvalue weighted by Gasteiger charge is 2.09. The van der Waals surface area contributed by atoms with E-state index < -0.39 is 0 Å². The smallest absolute Gasteiger partial charge is 0.00171 e. The zero-order chi connectivity index (χ0) is 13.9. The van der Waals surface area contributed by atoms with Crippen LogP contribution in [0.4, 0.5) is 0 Å². The monoisotopic (exact) mass is 261 g/mol. The molecule has 108 valence electrons. The summed E-state index contributed by atoms with van der Waals surface area (Å²) in [7, 11) is 2.06. The van der Waals surface area contributed by atoms with Crippen molar-refractivity contribution in [2.45, 2.75) is 64.7 Å². The molecular formula is C18H31N. The summed E-state index contributed by atoms with van der Waals surface area (Å²) in [6.07, 6.45) is 9.64. The molecule has 1 N–H and O–H groups in total. The van der Waals surface area contributed by atoms with Crippen LogP contribution in [0.5, 0.6) is 0 Å². The molecule has 1 heteroatoms. The third-order valence-corrected chi connectivity index (χ3v) is 3.91. The van der Waals surface area contributed by atoms with Crippen LogP contribution in [0.3, 0.4) is 0 Å². The molecular weight excluding hydrogens is 230 g/mol. The molecule has 0 saturated carbocycles. The van der Waals surface area contributed by atoms with Gasteiger partial charge in [-0.3, -0.25) is 0 Å². The first-order valence-corrected chi connectivity index (χ1v) is 7.99. The number of likely N-dealkylation sites (N-methyl/N-ethyl adjacent to an activating group) is 1. The molecule has 0 amide bonds. The fourth-order valence-electron chi connectivity index (χ4n) is 2.64. The number of nitrogens with one attached hydrogen (secondary N) is 1. The molecule has 1 atom stereocenters. The first kappa shape index (κ1) is 16.2. The van der Waals surface area contributed by atoms with Crippen LogP contribution in [0.25, 0.3) is 0 Å². The van der Waals surface area contributed by atoms with E-state index in [2.05, 4.69) is 50.5 Å². The van der Waals surface area contributed by atoms with Gasteiger partial charge in [0.25, 0.3) is 0 Å². The number of aryl methyl sites for hydroxylation is 1. The van der Waals surface area contributed by atoms with Gasteiger partial charge in [0.2, 0.25) is 0 Å². The highest BCUT2D eigenvalue weighted by molar-refractivity contribution is 5.24. The lowest BCUT2D eigenvalue weighted by atomic mass is 9.92. The van der Waals surface area contributed by atoms with Gasteiger partial charge in [0.1, 0.15) is 0 Å². The second-order valence-electron chi connectivity index (χ2n) is 5.72. The lowest BCUT2D eigenvalue weighted by Gasteiger charge is -2.17. The summed E-state index contributed by atoms with van der Waals surface area (Å²) >= 11 is 0. The summed E-state index contributed by atoms with van der Waals surface area (Å²) in [5.74, 6) is 0.678. The van der Waals surface area contributed by atoms with Crippen molar-refractivity contribution in [3.05, 3.63) is 35.4 Å². The van der Waals surface area contributed by atoms with Crippen LogP contribution in [0, 0.1) is 6.92 Å². The Morgan fingerprint density at radius 2 is 1.58 bits per heavy atom. The van der Waals surface area contributed by atoms with Crippen LogP contribution in [0.2, 0.25) is 0 Å². The van der Waals surface area contributed by atoms with E-state index >= 15 is 0 Å². The molecule has 0 saturated heterocycles. The molecule has 19 heavy (non-hydrogen) atoms. The average molecular weight is 261 g/mol. The van der Waals surface area contributed by atoms with Gasteiger partial charge in [-0.2, -0.15) is 0 Å². The molecule has 0 radical (unpaired) electrons.